The number of aromatic nitrogens is 3. The van der Waals surface area contributed by atoms with E-state index in [9.17, 15) is 26.3 Å². The lowest BCUT2D eigenvalue weighted by molar-refractivity contribution is -0.149. The highest BCUT2D eigenvalue weighted by Gasteiger charge is 2.40. The van der Waals surface area contributed by atoms with Gasteiger partial charge in [-0.2, -0.15) is 26.3 Å². The van der Waals surface area contributed by atoms with Gasteiger partial charge in [0.05, 0.1) is 11.2 Å². The number of alkyl halides is 6. The van der Waals surface area contributed by atoms with Crippen LogP contribution in [-0.2, 0) is 12.4 Å². The normalized spacial score (nSPS) is 12.6. The zero-order valence-corrected chi connectivity index (χ0v) is 11.7. The van der Waals surface area contributed by atoms with E-state index in [4.69, 9.17) is 0 Å². The molecule has 0 fully saturated rings. The molecule has 3 nitrogen and oxygen atoms in total. The summed E-state index contributed by atoms with van der Waals surface area (Å²) in [6, 6.07) is 7.48. The Labute approximate surface area is 131 Å². The summed E-state index contributed by atoms with van der Waals surface area (Å²) in [6.45, 7) is 0. The second-order valence-corrected chi connectivity index (χ2v) is 4.83. The summed E-state index contributed by atoms with van der Waals surface area (Å²) in [4.78, 5) is 10.5. The van der Waals surface area contributed by atoms with Crippen molar-refractivity contribution < 1.29 is 26.3 Å². The molecule has 0 atom stereocenters. The van der Waals surface area contributed by atoms with Gasteiger partial charge in [0.15, 0.2) is 5.69 Å². The molecular formula is C15H7F6N3. The van der Waals surface area contributed by atoms with Crippen LogP contribution < -0.4 is 0 Å². The number of rotatable bonds is 1. The van der Waals surface area contributed by atoms with Crippen LogP contribution in [0.3, 0.4) is 0 Å². The number of hydrogen-bond acceptors (Lipinski definition) is 3. The molecule has 0 saturated carbocycles. The van der Waals surface area contributed by atoms with Gasteiger partial charge in [0, 0.05) is 10.9 Å². The third kappa shape index (κ3) is 2.89. The lowest BCUT2D eigenvalue weighted by Crippen LogP contribution is -2.16. The van der Waals surface area contributed by atoms with Crippen LogP contribution in [0.2, 0.25) is 0 Å². The van der Waals surface area contributed by atoms with Crippen LogP contribution in [0.4, 0.5) is 26.3 Å². The number of benzene rings is 1. The van der Waals surface area contributed by atoms with E-state index in [-0.39, 0.29) is 11.1 Å². The fourth-order valence-corrected chi connectivity index (χ4v) is 2.24. The summed E-state index contributed by atoms with van der Waals surface area (Å²) in [5, 5.41) is 0.284. The van der Waals surface area contributed by atoms with Gasteiger partial charge in [-0.05, 0) is 18.2 Å². The number of halogens is 6. The van der Waals surface area contributed by atoms with Gasteiger partial charge in [0.2, 0.25) is 0 Å². The molecule has 0 N–H and O–H groups in total. The third-order valence-electron chi connectivity index (χ3n) is 3.25. The van der Waals surface area contributed by atoms with Crippen molar-refractivity contribution in [3.8, 4) is 11.3 Å². The maximum absolute atomic E-state index is 13.2. The first-order valence-electron chi connectivity index (χ1n) is 6.53. The van der Waals surface area contributed by atoms with Crippen molar-refractivity contribution in [3.63, 3.8) is 0 Å². The Morgan fingerprint density at radius 2 is 1.46 bits per heavy atom. The molecule has 24 heavy (non-hydrogen) atoms. The van der Waals surface area contributed by atoms with Crippen LogP contribution in [0, 0.1) is 0 Å². The molecule has 0 spiro atoms. The summed E-state index contributed by atoms with van der Waals surface area (Å²) in [6.07, 6.45) is -9.00. The van der Waals surface area contributed by atoms with Gasteiger partial charge in [-0.3, -0.25) is 0 Å². The van der Waals surface area contributed by atoms with Crippen molar-refractivity contribution in [3.05, 3.63) is 54.1 Å². The zero-order chi connectivity index (χ0) is 17.5. The van der Waals surface area contributed by atoms with E-state index in [1.165, 1.54) is 6.07 Å². The first kappa shape index (κ1) is 16.2. The monoisotopic (exact) mass is 343 g/mol. The van der Waals surface area contributed by atoms with Crippen LogP contribution in [0.1, 0.15) is 11.4 Å². The number of pyridine rings is 1. The van der Waals surface area contributed by atoms with E-state index in [1.807, 2.05) is 0 Å². The summed E-state index contributed by atoms with van der Waals surface area (Å²) in [5.41, 5.74) is -3.54. The van der Waals surface area contributed by atoms with Gasteiger partial charge < -0.3 is 0 Å². The van der Waals surface area contributed by atoms with Crippen molar-refractivity contribution in [1.82, 2.24) is 15.0 Å². The average molecular weight is 343 g/mol. The van der Waals surface area contributed by atoms with Crippen molar-refractivity contribution in [2.45, 2.75) is 12.4 Å². The smallest absolute Gasteiger partial charge is 0.238 e. The highest BCUT2D eigenvalue weighted by Crippen LogP contribution is 2.39. The molecule has 0 aliphatic heterocycles. The molecule has 1 aromatic carbocycles. The zero-order valence-electron chi connectivity index (χ0n) is 11.7. The van der Waals surface area contributed by atoms with E-state index >= 15 is 0 Å². The Kier molecular flexibility index (Phi) is 3.66. The lowest BCUT2D eigenvalue weighted by atomic mass is 10.0. The summed E-state index contributed by atoms with van der Waals surface area (Å²) < 4.78 is 77.8. The Hall–Kier alpha value is -2.71. The van der Waals surface area contributed by atoms with Crippen LogP contribution in [0.15, 0.2) is 42.7 Å². The average Bonchev–Trinajstić information content (AvgIpc) is 2.52. The largest absolute Gasteiger partial charge is 0.434 e. The summed E-state index contributed by atoms with van der Waals surface area (Å²) in [7, 11) is 0. The van der Waals surface area contributed by atoms with Gasteiger partial charge in [0.1, 0.15) is 12.0 Å². The molecule has 0 amide bonds. The van der Waals surface area contributed by atoms with E-state index in [1.54, 1.807) is 18.2 Å². The standard InChI is InChI=1S/C15H7F6N3/c16-14(17,18)11-6-5-9(13(24-11)15(19,20)21)12-8-3-1-2-4-10(8)22-7-23-12/h1-7H. The van der Waals surface area contributed by atoms with Gasteiger partial charge in [0.25, 0.3) is 0 Å². The Morgan fingerprint density at radius 3 is 2.12 bits per heavy atom. The minimum absolute atomic E-state index is 0.130. The summed E-state index contributed by atoms with van der Waals surface area (Å²) >= 11 is 0. The van der Waals surface area contributed by atoms with Crippen molar-refractivity contribution in [1.29, 1.82) is 0 Å². The Bertz CT molecular complexity index is 896. The van der Waals surface area contributed by atoms with Crippen molar-refractivity contribution in [2.75, 3.05) is 0 Å². The minimum atomic E-state index is -5.07. The molecule has 0 unspecified atom stereocenters. The molecule has 3 rings (SSSR count). The maximum atomic E-state index is 13.2. The lowest BCUT2D eigenvalue weighted by Gasteiger charge is -2.15. The Morgan fingerprint density at radius 1 is 0.750 bits per heavy atom. The first-order valence-corrected chi connectivity index (χ1v) is 6.53. The SMILES string of the molecule is FC(F)(F)c1ccc(-c2ncnc3ccccc23)c(C(F)(F)F)n1. The minimum Gasteiger partial charge on any atom is -0.238 e. The van der Waals surface area contributed by atoms with Gasteiger partial charge in [-0.15, -0.1) is 0 Å². The second kappa shape index (κ2) is 5.43. The van der Waals surface area contributed by atoms with Crippen LogP contribution in [0.5, 0.6) is 0 Å². The topological polar surface area (TPSA) is 38.7 Å². The predicted octanol–water partition coefficient (Wildman–Crippen LogP) is 4.73. The van der Waals surface area contributed by atoms with Crippen LogP contribution in [0.25, 0.3) is 22.2 Å². The number of nitrogens with zero attached hydrogens (tertiary/aromatic N) is 3. The molecule has 9 heteroatoms. The van der Waals surface area contributed by atoms with E-state index in [0.29, 0.717) is 11.6 Å². The van der Waals surface area contributed by atoms with Crippen molar-refractivity contribution >= 4 is 10.9 Å². The number of hydrogen-bond donors (Lipinski definition) is 0. The van der Waals surface area contributed by atoms with E-state index in [0.717, 1.165) is 12.4 Å². The molecule has 0 bridgehead atoms. The third-order valence-corrected chi connectivity index (χ3v) is 3.25. The molecule has 2 aromatic heterocycles. The number of para-hydroxylation sites is 1. The maximum Gasteiger partial charge on any atom is 0.434 e. The van der Waals surface area contributed by atoms with Gasteiger partial charge in [-0.1, -0.05) is 18.2 Å². The Balaban J connectivity index is 2.31. The van der Waals surface area contributed by atoms with Gasteiger partial charge >= 0.3 is 12.4 Å². The second-order valence-electron chi connectivity index (χ2n) is 4.83. The molecule has 2 heterocycles. The molecule has 0 saturated heterocycles. The predicted molar refractivity (Wildman–Crippen MR) is 72.8 cm³/mol. The van der Waals surface area contributed by atoms with Crippen LogP contribution in [-0.4, -0.2) is 15.0 Å². The van der Waals surface area contributed by atoms with Crippen molar-refractivity contribution in [2.24, 2.45) is 0 Å². The van der Waals surface area contributed by atoms with E-state index < -0.39 is 29.3 Å². The van der Waals surface area contributed by atoms with Gasteiger partial charge in [-0.25, -0.2) is 15.0 Å². The molecule has 0 radical (unpaired) electrons. The quantitative estimate of drug-likeness (QED) is 0.600. The highest BCUT2D eigenvalue weighted by atomic mass is 19.4. The molecule has 124 valence electrons. The number of fused-ring (bicyclic) bond motifs is 1. The van der Waals surface area contributed by atoms with E-state index in [2.05, 4.69) is 15.0 Å². The first-order chi connectivity index (χ1) is 11.2. The molecule has 0 aliphatic carbocycles. The molecular weight excluding hydrogens is 336 g/mol. The van der Waals surface area contributed by atoms with Crippen LogP contribution >= 0.6 is 0 Å². The fraction of sp³-hybridized carbons (Fsp3) is 0.133. The fourth-order valence-electron chi connectivity index (χ4n) is 2.24. The summed E-state index contributed by atoms with van der Waals surface area (Å²) in [5.74, 6) is 0. The molecule has 0 aliphatic rings. The molecule has 3 aromatic rings. The highest BCUT2D eigenvalue weighted by molar-refractivity contribution is 5.92.